The minimum atomic E-state index is -0.456. The molecule has 0 aliphatic rings. The highest BCUT2D eigenvalue weighted by molar-refractivity contribution is 5.74. The number of rotatable bonds is 4. The number of hydrogen-bond acceptors (Lipinski definition) is 5. The van der Waals surface area contributed by atoms with Gasteiger partial charge in [-0.3, -0.25) is 4.79 Å². The number of phenols is 1. The van der Waals surface area contributed by atoms with Crippen LogP contribution in [0.4, 0.5) is 0 Å². The predicted octanol–water partition coefficient (Wildman–Crippen LogP) is 2.23. The standard InChI is InChI=1S/C13H12N2O3/c1-2-3-4-13(17)18-12-6-5-11(16)9(7-14)10(12)8-15/h5-6,16H,2-4H2,1H3. The summed E-state index contributed by atoms with van der Waals surface area (Å²) in [5.41, 5.74) is -0.305. The molecule has 0 spiro atoms. The molecule has 18 heavy (non-hydrogen) atoms. The first-order chi connectivity index (χ1) is 8.63. The molecule has 1 rings (SSSR count). The van der Waals surface area contributed by atoms with E-state index in [1.807, 2.05) is 6.92 Å². The van der Waals surface area contributed by atoms with Gasteiger partial charge in [0.25, 0.3) is 0 Å². The monoisotopic (exact) mass is 244 g/mol. The lowest BCUT2D eigenvalue weighted by atomic mass is 10.1. The summed E-state index contributed by atoms with van der Waals surface area (Å²) < 4.78 is 5.01. The zero-order valence-electron chi connectivity index (χ0n) is 9.93. The average Bonchev–Trinajstić information content (AvgIpc) is 2.37. The van der Waals surface area contributed by atoms with E-state index in [9.17, 15) is 9.90 Å². The van der Waals surface area contributed by atoms with Gasteiger partial charge in [0.15, 0.2) is 0 Å². The highest BCUT2D eigenvalue weighted by Gasteiger charge is 2.16. The van der Waals surface area contributed by atoms with Crippen molar-refractivity contribution < 1.29 is 14.6 Å². The molecule has 0 amide bonds. The first kappa shape index (κ1) is 13.5. The lowest BCUT2D eigenvalue weighted by Gasteiger charge is -2.07. The van der Waals surface area contributed by atoms with Crippen LogP contribution in [0.2, 0.25) is 0 Å². The maximum atomic E-state index is 11.4. The van der Waals surface area contributed by atoms with E-state index in [-0.39, 0.29) is 29.0 Å². The van der Waals surface area contributed by atoms with E-state index in [1.54, 1.807) is 12.1 Å². The third-order valence-corrected chi connectivity index (χ3v) is 2.33. The van der Waals surface area contributed by atoms with Crippen LogP contribution >= 0.6 is 0 Å². The van der Waals surface area contributed by atoms with Crippen molar-refractivity contribution in [3.05, 3.63) is 23.3 Å². The molecule has 0 saturated carbocycles. The number of esters is 1. The molecule has 0 aromatic heterocycles. The van der Waals surface area contributed by atoms with E-state index in [0.717, 1.165) is 6.42 Å². The van der Waals surface area contributed by atoms with Crippen LogP contribution in [0, 0.1) is 22.7 Å². The third kappa shape index (κ3) is 2.99. The Morgan fingerprint density at radius 3 is 2.56 bits per heavy atom. The molecule has 0 radical (unpaired) electrons. The number of nitriles is 2. The summed E-state index contributed by atoms with van der Waals surface area (Å²) in [7, 11) is 0. The smallest absolute Gasteiger partial charge is 0.311 e. The topological polar surface area (TPSA) is 94.1 Å². The van der Waals surface area contributed by atoms with Gasteiger partial charge < -0.3 is 9.84 Å². The molecule has 5 nitrogen and oxygen atoms in total. The molecule has 0 heterocycles. The van der Waals surface area contributed by atoms with E-state index in [0.29, 0.717) is 6.42 Å². The molecule has 0 aliphatic carbocycles. The number of phenolic OH excluding ortho intramolecular Hbond substituents is 1. The van der Waals surface area contributed by atoms with Crippen molar-refractivity contribution in [2.45, 2.75) is 26.2 Å². The molecule has 0 unspecified atom stereocenters. The van der Waals surface area contributed by atoms with Gasteiger partial charge >= 0.3 is 5.97 Å². The Hall–Kier alpha value is -2.53. The van der Waals surface area contributed by atoms with Crippen LogP contribution < -0.4 is 4.74 Å². The first-order valence-corrected chi connectivity index (χ1v) is 5.50. The van der Waals surface area contributed by atoms with Crippen LogP contribution in [0.25, 0.3) is 0 Å². The zero-order valence-corrected chi connectivity index (χ0v) is 9.93. The second-order valence-electron chi connectivity index (χ2n) is 3.63. The number of carbonyl (C=O) groups is 1. The lowest BCUT2D eigenvalue weighted by Crippen LogP contribution is -2.09. The van der Waals surface area contributed by atoms with Crippen LogP contribution in [-0.2, 0) is 4.79 Å². The summed E-state index contributed by atoms with van der Waals surface area (Å²) in [5, 5.41) is 27.2. The van der Waals surface area contributed by atoms with Gasteiger partial charge in [-0.1, -0.05) is 13.3 Å². The van der Waals surface area contributed by atoms with Gasteiger partial charge in [0, 0.05) is 6.42 Å². The van der Waals surface area contributed by atoms with Gasteiger partial charge in [-0.25, -0.2) is 0 Å². The van der Waals surface area contributed by atoms with E-state index >= 15 is 0 Å². The SMILES string of the molecule is CCCCC(=O)Oc1ccc(O)c(C#N)c1C#N. The summed E-state index contributed by atoms with van der Waals surface area (Å²) in [4.78, 5) is 11.4. The Bertz CT molecular complexity index is 538. The number of benzene rings is 1. The largest absolute Gasteiger partial charge is 0.507 e. The Morgan fingerprint density at radius 1 is 1.33 bits per heavy atom. The van der Waals surface area contributed by atoms with Crippen molar-refractivity contribution in [3.63, 3.8) is 0 Å². The average molecular weight is 244 g/mol. The highest BCUT2D eigenvalue weighted by Crippen LogP contribution is 2.28. The fourth-order valence-electron chi connectivity index (χ4n) is 1.38. The van der Waals surface area contributed by atoms with Gasteiger partial charge in [-0.05, 0) is 18.6 Å². The molecule has 1 aromatic carbocycles. The molecule has 0 aliphatic heterocycles. The predicted molar refractivity (Wildman–Crippen MR) is 62.7 cm³/mol. The molecule has 0 bridgehead atoms. The Balaban J connectivity index is 3.01. The molecular weight excluding hydrogens is 232 g/mol. The first-order valence-electron chi connectivity index (χ1n) is 5.50. The molecular formula is C13H12N2O3. The minimum absolute atomic E-state index is 0.00736. The van der Waals surface area contributed by atoms with Crippen LogP contribution in [0.3, 0.4) is 0 Å². The van der Waals surface area contributed by atoms with Gasteiger partial charge in [-0.2, -0.15) is 10.5 Å². The van der Waals surface area contributed by atoms with Gasteiger partial charge in [0.2, 0.25) is 0 Å². The Kier molecular flexibility index (Phi) is 4.71. The second-order valence-corrected chi connectivity index (χ2v) is 3.63. The minimum Gasteiger partial charge on any atom is -0.507 e. The van der Waals surface area contributed by atoms with E-state index in [1.165, 1.54) is 12.1 Å². The van der Waals surface area contributed by atoms with Crippen LogP contribution in [0.15, 0.2) is 12.1 Å². The van der Waals surface area contributed by atoms with Crippen molar-refractivity contribution in [3.8, 4) is 23.6 Å². The van der Waals surface area contributed by atoms with Crippen LogP contribution in [0.5, 0.6) is 11.5 Å². The highest BCUT2D eigenvalue weighted by atomic mass is 16.5. The van der Waals surface area contributed by atoms with Gasteiger partial charge in [0.1, 0.15) is 34.8 Å². The van der Waals surface area contributed by atoms with Crippen LogP contribution in [0.1, 0.15) is 37.3 Å². The van der Waals surface area contributed by atoms with Crippen molar-refractivity contribution in [2.24, 2.45) is 0 Å². The molecule has 92 valence electrons. The van der Waals surface area contributed by atoms with Crippen LogP contribution in [-0.4, -0.2) is 11.1 Å². The molecule has 0 fully saturated rings. The molecule has 1 aromatic rings. The summed E-state index contributed by atoms with van der Waals surface area (Å²) in [5.74, 6) is -0.752. The van der Waals surface area contributed by atoms with Crippen molar-refractivity contribution in [1.29, 1.82) is 10.5 Å². The molecule has 0 atom stereocenters. The quantitative estimate of drug-likeness (QED) is 0.647. The van der Waals surface area contributed by atoms with E-state index in [2.05, 4.69) is 0 Å². The summed E-state index contributed by atoms with van der Waals surface area (Å²) >= 11 is 0. The van der Waals surface area contributed by atoms with Crippen molar-refractivity contribution in [2.75, 3.05) is 0 Å². The summed E-state index contributed by atoms with van der Waals surface area (Å²) in [6.45, 7) is 1.95. The number of nitrogens with zero attached hydrogens (tertiary/aromatic N) is 2. The summed E-state index contributed by atoms with van der Waals surface area (Å²) in [6.07, 6.45) is 1.81. The van der Waals surface area contributed by atoms with Gasteiger partial charge in [0.05, 0.1) is 0 Å². The fourth-order valence-corrected chi connectivity index (χ4v) is 1.38. The molecule has 1 N–H and O–H groups in total. The van der Waals surface area contributed by atoms with E-state index in [4.69, 9.17) is 15.3 Å². The number of ether oxygens (including phenoxy) is 1. The lowest BCUT2D eigenvalue weighted by molar-refractivity contribution is -0.134. The number of aromatic hydroxyl groups is 1. The Morgan fingerprint density at radius 2 is 2.00 bits per heavy atom. The number of unbranched alkanes of at least 4 members (excludes halogenated alkanes) is 1. The van der Waals surface area contributed by atoms with E-state index < -0.39 is 5.97 Å². The second kappa shape index (κ2) is 6.27. The number of hydrogen-bond donors (Lipinski definition) is 1. The maximum Gasteiger partial charge on any atom is 0.311 e. The maximum absolute atomic E-state index is 11.4. The van der Waals surface area contributed by atoms with Crippen molar-refractivity contribution >= 4 is 5.97 Å². The molecule has 0 saturated heterocycles. The Labute approximate surface area is 105 Å². The van der Waals surface area contributed by atoms with Gasteiger partial charge in [-0.15, -0.1) is 0 Å². The summed E-state index contributed by atoms with van der Waals surface area (Å²) in [6, 6.07) is 5.99. The molecule has 5 heteroatoms. The third-order valence-electron chi connectivity index (χ3n) is 2.33. The zero-order chi connectivity index (χ0) is 13.5. The number of carbonyl (C=O) groups excluding carboxylic acids is 1. The normalized spacial score (nSPS) is 9.28. The van der Waals surface area contributed by atoms with Crippen molar-refractivity contribution in [1.82, 2.24) is 0 Å². The fraction of sp³-hybridized carbons (Fsp3) is 0.308.